The van der Waals surface area contributed by atoms with Crippen LogP contribution in [0.5, 0.6) is 0 Å². The Bertz CT molecular complexity index is 1250. The van der Waals surface area contributed by atoms with Crippen molar-refractivity contribution in [2.24, 2.45) is 0 Å². The van der Waals surface area contributed by atoms with Crippen molar-refractivity contribution in [3.63, 3.8) is 0 Å². The number of thiophene rings is 1. The van der Waals surface area contributed by atoms with Gasteiger partial charge in [-0.25, -0.2) is 4.98 Å². The predicted molar refractivity (Wildman–Crippen MR) is 121 cm³/mol. The summed E-state index contributed by atoms with van der Waals surface area (Å²) in [5.41, 5.74) is 3.58. The molecule has 0 bridgehead atoms. The van der Waals surface area contributed by atoms with Gasteiger partial charge in [-0.1, -0.05) is 54.2 Å². The number of carbonyl (C=O) groups excluding carboxylic acids is 1. The van der Waals surface area contributed by atoms with E-state index in [9.17, 15) is 9.59 Å². The number of nitrogens with zero attached hydrogens (tertiary/aromatic N) is 1. The number of aryl methyl sites for hydroxylation is 2. The molecule has 0 saturated carbocycles. The molecule has 7 heteroatoms. The highest BCUT2D eigenvalue weighted by Gasteiger charge is 2.17. The molecule has 0 fully saturated rings. The fourth-order valence-corrected chi connectivity index (χ4v) is 4.94. The van der Waals surface area contributed by atoms with Crippen molar-refractivity contribution in [1.82, 2.24) is 9.97 Å². The Morgan fingerprint density at radius 3 is 2.69 bits per heavy atom. The maximum absolute atomic E-state index is 12.8. The second-order valence-corrected chi connectivity index (χ2v) is 8.82. The van der Waals surface area contributed by atoms with Gasteiger partial charge in [0.05, 0.1) is 11.1 Å². The van der Waals surface area contributed by atoms with E-state index < -0.39 is 0 Å². The van der Waals surface area contributed by atoms with E-state index in [4.69, 9.17) is 0 Å². The molecule has 1 amide bonds. The largest absolute Gasteiger partial charge is 0.325 e. The van der Waals surface area contributed by atoms with E-state index in [-0.39, 0.29) is 17.2 Å². The summed E-state index contributed by atoms with van der Waals surface area (Å²) in [5.74, 6) is 0.0221. The summed E-state index contributed by atoms with van der Waals surface area (Å²) < 4.78 is 0. The van der Waals surface area contributed by atoms with Gasteiger partial charge in [0.25, 0.3) is 5.56 Å². The number of fused-ring (bicyclic) bond motifs is 1. The number of thioether (sulfide) groups is 1. The third-order valence-corrected chi connectivity index (χ3v) is 6.29. The van der Waals surface area contributed by atoms with E-state index in [1.807, 2.05) is 68.4 Å². The molecular weight excluding hydrogens is 402 g/mol. The standard InChI is InChI=1S/C22H19N3O2S2/c1-13-7-6-10-16(11-13)23-17(26)12-28-22-24-20(27)19-18(14(2)29-21(19)25-22)15-8-4-3-5-9-15/h3-11H,12H2,1-2H3,(H,23,26)(H,24,25,27). The fourth-order valence-electron chi connectivity index (χ4n) is 3.17. The predicted octanol–water partition coefficient (Wildman–Crippen LogP) is 5.00. The molecule has 2 heterocycles. The first-order valence-corrected chi connectivity index (χ1v) is 10.9. The van der Waals surface area contributed by atoms with E-state index in [0.29, 0.717) is 15.4 Å². The normalized spacial score (nSPS) is 11.0. The Labute approximate surface area is 176 Å². The molecule has 0 atom stereocenters. The Hall–Kier alpha value is -2.90. The summed E-state index contributed by atoms with van der Waals surface area (Å²) in [4.78, 5) is 34.2. The number of aromatic nitrogens is 2. The quantitative estimate of drug-likeness (QED) is 0.351. The zero-order valence-electron chi connectivity index (χ0n) is 16.0. The molecule has 0 radical (unpaired) electrons. The van der Waals surface area contributed by atoms with Crippen LogP contribution in [-0.4, -0.2) is 21.6 Å². The number of carbonyl (C=O) groups is 1. The van der Waals surface area contributed by atoms with E-state index in [2.05, 4.69) is 15.3 Å². The molecule has 5 nitrogen and oxygen atoms in total. The second-order valence-electron chi connectivity index (χ2n) is 6.66. The van der Waals surface area contributed by atoms with Gasteiger partial charge in [0.15, 0.2) is 5.16 Å². The summed E-state index contributed by atoms with van der Waals surface area (Å²) in [6.45, 7) is 3.97. The van der Waals surface area contributed by atoms with Gasteiger partial charge in [0.1, 0.15) is 4.83 Å². The van der Waals surface area contributed by atoms with Crippen LogP contribution < -0.4 is 10.9 Å². The lowest BCUT2D eigenvalue weighted by molar-refractivity contribution is -0.113. The summed E-state index contributed by atoms with van der Waals surface area (Å²) in [6, 6.07) is 17.5. The molecule has 4 aromatic rings. The lowest BCUT2D eigenvalue weighted by Crippen LogP contribution is -2.15. The molecule has 0 aliphatic heterocycles. The number of H-pyrrole nitrogens is 1. The monoisotopic (exact) mass is 421 g/mol. The summed E-state index contributed by atoms with van der Waals surface area (Å²) in [6.07, 6.45) is 0. The van der Waals surface area contributed by atoms with Gasteiger partial charge in [-0.2, -0.15) is 0 Å². The molecule has 0 spiro atoms. The maximum Gasteiger partial charge on any atom is 0.260 e. The maximum atomic E-state index is 12.8. The topological polar surface area (TPSA) is 74.8 Å². The number of benzene rings is 2. The second kappa shape index (κ2) is 8.23. The molecule has 4 rings (SSSR count). The van der Waals surface area contributed by atoms with Crippen molar-refractivity contribution in [2.45, 2.75) is 19.0 Å². The van der Waals surface area contributed by atoms with Crippen LogP contribution >= 0.6 is 23.1 Å². The Balaban J connectivity index is 1.55. The zero-order valence-corrected chi connectivity index (χ0v) is 17.6. The van der Waals surface area contributed by atoms with E-state index >= 15 is 0 Å². The molecule has 0 aliphatic carbocycles. The smallest absolute Gasteiger partial charge is 0.260 e. The minimum absolute atomic E-state index is 0.143. The summed E-state index contributed by atoms with van der Waals surface area (Å²) in [7, 11) is 0. The molecule has 0 aliphatic rings. The van der Waals surface area contributed by atoms with Crippen LogP contribution in [0.2, 0.25) is 0 Å². The van der Waals surface area contributed by atoms with Crippen LogP contribution in [0.4, 0.5) is 5.69 Å². The number of anilines is 1. The van der Waals surface area contributed by atoms with Crippen LogP contribution in [0.3, 0.4) is 0 Å². The number of nitrogens with one attached hydrogen (secondary N) is 2. The number of rotatable bonds is 5. The van der Waals surface area contributed by atoms with Crippen molar-refractivity contribution in [2.75, 3.05) is 11.1 Å². The molecular formula is C22H19N3O2S2. The summed E-state index contributed by atoms with van der Waals surface area (Å²) in [5, 5.41) is 3.91. The fraction of sp³-hybridized carbons (Fsp3) is 0.136. The molecule has 0 unspecified atom stereocenters. The SMILES string of the molecule is Cc1cccc(NC(=O)CSc2nc3sc(C)c(-c4ccccc4)c3c(=O)[nH]2)c1. The molecule has 146 valence electrons. The highest BCUT2D eigenvalue weighted by molar-refractivity contribution is 7.99. The van der Waals surface area contributed by atoms with Gasteiger partial charge in [-0.15, -0.1) is 11.3 Å². The van der Waals surface area contributed by atoms with Crippen molar-refractivity contribution in [3.05, 3.63) is 75.4 Å². The van der Waals surface area contributed by atoms with E-state index in [0.717, 1.165) is 27.3 Å². The molecule has 29 heavy (non-hydrogen) atoms. The minimum Gasteiger partial charge on any atom is -0.325 e. The van der Waals surface area contributed by atoms with Gasteiger partial charge >= 0.3 is 0 Å². The van der Waals surface area contributed by atoms with Crippen molar-refractivity contribution >= 4 is 44.9 Å². The molecule has 2 N–H and O–H groups in total. The Kier molecular flexibility index (Phi) is 5.51. The van der Waals surface area contributed by atoms with Gasteiger partial charge in [0.2, 0.25) is 5.91 Å². The average Bonchev–Trinajstić information content (AvgIpc) is 3.03. The van der Waals surface area contributed by atoms with Crippen molar-refractivity contribution in [3.8, 4) is 11.1 Å². The third kappa shape index (κ3) is 4.26. The minimum atomic E-state index is -0.181. The Morgan fingerprint density at radius 1 is 1.14 bits per heavy atom. The Morgan fingerprint density at radius 2 is 1.93 bits per heavy atom. The lowest BCUT2D eigenvalue weighted by Gasteiger charge is -2.06. The van der Waals surface area contributed by atoms with Gasteiger partial charge in [-0.3, -0.25) is 9.59 Å². The van der Waals surface area contributed by atoms with Crippen LogP contribution in [0, 0.1) is 13.8 Å². The van der Waals surface area contributed by atoms with E-state index in [1.54, 1.807) is 0 Å². The highest BCUT2D eigenvalue weighted by atomic mass is 32.2. The first-order chi connectivity index (χ1) is 14.0. The average molecular weight is 422 g/mol. The van der Waals surface area contributed by atoms with Gasteiger partial charge in [0, 0.05) is 16.1 Å². The number of hydrogen-bond acceptors (Lipinski definition) is 5. The van der Waals surface area contributed by atoms with Crippen LogP contribution in [-0.2, 0) is 4.79 Å². The first kappa shape index (κ1) is 19.4. The van der Waals surface area contributed by atoms with Crippen LogP contribution in [0.1, 0.15) is 10.4 Å². The molecule has 2 aromatic heterocycles. The number of hydrogen-bond donors (Lipinski definition) is 2. The molecule has 0 saturated heterocycles. The summed E-state index contributed by atoms with van der Waals surface area (Å²) >= 11 is 2.72. The molecule has 2 aromatic carbocycles. The first-order valence-electron chi connectivity index (χ1n) is 9.09. The zero-order chi connectivity index (χ0) is 20.4. The van der Waals surface area contributed by atoms with Crippen LogP contribution in [0.15, 0.2) is 64.5 Å². The van der Waals surface area contributed by atoms with Crippen LogP contribution in [0.25, 0.3) is 21.3 Å². The van der Waals surface area contributed by atoms with Crippen molar-refractivity contribution < 1.29 is 4.79 Å². The van der Waals surface area contributed by atoms with Gasteiger partial charge in [-0.05, 0) is 37.1 Å². The van der Waals surface area contributed by atoms with E-state index in [1.165, 1.54) is 23.1 Å². The third-order valence-electron chi connectivity index (χ3n) is 4.42. The number of amides is 1. The lowest BCUT2D eigenvalue weighted by atomic mass is 10.0. The van der Waals surface area contributed by atoms with Gasteiger partial charge < -0.3 is 10.3 Å². The highest BCUT2D eigenvalue weighted by Crippen LogP contribution is 2.35. The number of aromatic amines is 1. The van der Waals surface area contributed by atoms with Crippen molar-refractivity contribution in [1.29, 1.82) is 0 Å².